The number of benzene rings is 2. The molecule has 202 valence electrons. The number of phenolic OH excluding ortho intramolecular Hbond substituents is 1. The number of para-hydroxylation sites is 1. The Kier molecular flexibility index (Phi) is 10.5. The summed E-state index contributed by atoms with van der Waals surface area (Å²) in [5.74, 6) is -1.24. The molecule has 0 heterocycles. The van der Waals surface area contributed by atoms with Crippen molar-refractivity contribution in [2.45, 2.75) is 85.2 Å². The number of aromatic hydroxyl groups is 1. The second kappa shape index (κ2) is 13.1. The van der Waals surface area contributed by atoms with E-state index in [0.29, 0.717) is 12.0 Å². The number of nitrogens with one attached hydrogen (secondary N) is 2. The number of amides is 3. The quantitative estimate of drug-likeness (QED) is 0.419. The third-order valence-corrected chi connectivity index (χ3v) is 5.99. The van der Waals surface area contributed by atoms with Crippen LogP contribution in [0.5, 0.6) is 5.75 Å². The number of carbonyl (C=O) groups is 3. The molecule has 0 saturated heterocycles. The Morgan fingerprint density at radius 2 is 1.57 bits per heavy atom. The smallest absolute Gasteiger partial charge is 0.408 e. The van der Waals surface area contributed by atoms with Gasteiger partial charge in [0.1, 0.15) is 23.4 Å². The van der Waals surface area contributed by atoms with E-state index in [9.17, 15) is 19.5 Å². The van der Waals surface area contributed by atoms with Crippen LogP contribution < -0.4 is 10.6 Å². The van der Waals surface area contributed by atoms with Gasteiger partial charge in [0.25, 0.3) is 0 Å². The van der Waals surface area contributed by atoms with Gasteiger partial charge in [-0.2, -0.15) is 0 Å². The molecule has 0 fully saturated rings. The summed E-state index contributed by atoms with van der Waals surface area (Å²) in [6.07, 6.45) is -0.157. The lowest BCUT2D eigenvalue weighted by atomic mass is 9.96. The predicted octanol–water partition coefficient (Wildman–Crippen LogP) is 4.93. The first-order valence-corrected chi connectivity index (χ1v) is 12.8. The molecule has 0 bridgehead atoms. The first-order chi connectivity index (χ1) is 17.4. The molecule has 0 aliphatic rings. The van der Waals surface area contributed by atoms with Crippen molar-refractivity contribution in [2.75, 3.05) is 0 Å². The van der Waals surface area contributed by atoms with Gasteiger partial charge in [-0.15, -0.1) is 0 Å². The Hall–Kier alpha value is -3.55. The minimum absolute atomic E-state index is 0.0929. The topological polar surface area (TPSA) is 108 Å². The summed E-state index contributed by atoms with van der Waals surface area (Å²) in [5.41, 5.74) is 0.474. The number of phenols is 1. The molecule has 8 heteroatoms. The van der Waals surface area contributed by atoms with Crippen molar-refractivity contribution in [3.63, 3.8) is 0 Å². The van der Waals surface area contributed by atoms with Crippen LogP contribution >= 0.6 is 0 Å². The monoisotopic (exact) mass is 511 g/mol. The number of ether oxygens (including phenoxy) is 1. The average Bonchev–Trinajstić information content (AvgIpc) is 2.83. The Balaban J connectivity index is 2.49. The van der Waals surface area contributed by atoms with E-state index in [4.69, 9.17) is 4.74 Å². The van der Waals surface area contributed by atoms with Crippen LogP contribution in [0.4, 0.5) is 4.79 Å². The lowest BCUT2D eigenvalue weighted by Crippen LogP contribution is -2.57. The molecule has 2 aromatic carbocycles. The molecule has 2 aromatic rings. The lowest BCUT2D eigenvalue weighted by molar-refractivity contribution is -0.146. The SMILES string of the molecule is CCC(C)N(C(=O)C(NC(=O)OC(C)(C)C)C(C)C)C(C(=O)NCc1ccccc1)c1ccccc1O. The van der Waals surface area contributed by atoms with Crippen LogP contribution in [0.25, 0.3) is 0 Å². The molecule has 0 aromatic heterocycles. The van der Waals surface area contributed by atoms with Crippen molar-refractivity contribution in [2.24, 2.45) is 5.92 Å². The molecule has 3 N–H and O–H groups in total. The predicted molar refractivity (Wildman–Crippen MR) is 144 cm³/mol. The van der Waals surface area contributed by atoms with Crippen molar-refractivity contribution >= 4 is 17.9 Å². The lowest BCUT2D eigenvalue weighted by Gasteiger charge is -2.39. The van der Waals surface area contributed by atoms with E-state index >= 15 is 0 Å². The van der Waals surface area contributed by atoms with Crippen LogP contribution in [0.15, 0.2) is 54.6 Å². The van der Waals surface area contributed by atoms with Crippen LogP contribution in [-0.2, 0) is 20.9 Å². The Morgan fingerprint density at radius 3 is 2.11 bits per heavy atom. The van der Waals surface area contributed by atoms with Crippen molar-refractivity contribution in [1.29, 1.82) is 0 Å². The highest BCUT2D eigenvalue weighted by Crippen LogP contribution is 2.32. The molecular weight excluding hydrogens is 470 g/mol. The Bertz CT molecular complexity index is 1050. The molecule has 0 radical (unpaired) electrons. The summed E-state index contributed by atoms with van der Waals surface area (Å²) < 4.78 is 5.39. The molecule has 0 spiro atoms. The van der Waals surface area contributed by atoms with Gasteiger partial charge >= 0.3 is 6.09 Å². The van der Waals surface area contributed by atoms with E-state index in [1.165, 1.54) is 11.0 Å². The van der Waals surface area contributed by atoms with Crippen LogP contribution in [0.3, 0.4) is 0 Å². The standard InChI is InChI=1S/C29H41N3O5/c1-8-20(4)32(27(35)24(19(2)3)31-28(36)37-29(5,6)7)25(22-16-12-13-17-23(22)33)26(34)30-18-21-14-10-9-11-15-21/h9-17,19-20,24-25,33H,8,18H2,1-7H3,(H,30,34)(H,31,36). The maximum absolute atomic E-state index is 14.1. The number of hydrogen-bond donors (Lipinski definition) is 3. The van der Waals surface area contributed by atoms with E-state index in [2.05, 4.69) is 10.6 Å². The van der Waals surface area contributed by atoms with Gasteiger partial charge in [0.15, 0.2) is 0 Å². The van der Waals surface area contributed by atoms with Crippen molar-refractivity contribution in [3.8, 4) is 5.75 Å². The van der Waals surface area contributed by atoms with Crippen LogP contribution in [-0.4, -0.2) is 45.6 Å². The fourth-order valence-electron chi connectivity index (χ4n) is 3.92. The van der Waals surface area contributed by atoms with Crippen molar-refractivity contribution < 1.29 is 24.2 Å². The third-order valence-electron chi connectivity index (χ3n) is 5.99. The van der Waals surface area contributed by atoms with Crippen LogP contribution in [0.2, 0.25) is 0 Å². The zero-order valence-electron chi connectivity index (χ0n) is 22.9. The van der Waals surface area contributed by atoms with Gasteiger partial charge in [-0.1, -0.05) is 69.3 Å². The summed E-state index contributed by atoms with van der Waals surface area (Å²) in [6, 6.07) is 13.5. The van der Waals surface area contributed by atoms with Gasteiger partial charge in [-0.3, -0.25) is 9.59 Å². The molecule has 2 rings (SSSR count). The number of nitrogens with zero attached hydrogens (tertiary/aromatic N) is 1. The number of rotatable bonds is 10. The fraction of sp³-hybridized carbons (Fsp3) is 0.483. The van der Waals surface area contributed by atoms with Crippen molar-refractivity contribution in [1.82, 2.24) is 15.5 Å². The van der Waals surface area contributed by atoms with Crippen molar-refractivity contribution in [3.05, 3.63) is 65.7 Å². The molecule has 3 unspecified atom stereocenters. The summed E-state index contributed by atoms with van der Waals surface area (Å²) in [7, 11) is 0. The molecule has 37 heavy (non-hydrogen) atoms. The first kappa shape index (κ1) is 29.7. The molecule has 0 saturated carbocycles. The normalized spacial score (nSPS) is 13.8. The minimum Gasteiger partial charge on any atom is -0.508 e. The molecule has 0 aliphatic heterocycles. The van der Waals surface area contributed by atoms with Crippen LogP contribution in [0, 0.1) is 5.92 Å². The van der Waals surface area contributed by atoms with E-state index in [1.807, 2.05) is 58.0 Å². The van der Waals surface area contributed by atoms with E-state index < -0.39 is 35.6 Å². The number of alkyl carbamates (subject to hydrolysis) is 1. The Labute approximate surface area is 220 Å². The zero-order valence-corrected chi connectivity index (χ0v) is 22.9. The van der Waals surface area contributed by atoms with Gasteiger partial charge in [-0.25, -0.2) is 4.79 Å². The molecular formula is C29H41N3O5. The second-order valence-electron chi connectivity index (χ2n) is 10.5. The van der Waals surface area contributed by atoms with Gasteiger partial charge in [0.2, 0.25) is 11.8 Å². The van der Waals surface area contributed by atoms with Gasteiger partial charge < -0.3 is 25.4 Å². The number of carbonyl (C=O) groups excluding carboxylic acids is 3. The first-order valence-electron chi connectivity index (χ1n) is 12.8. The maximum Gasteiger partial charge on any atom is 0.408 e. The fourth-order valence-corrected chi connectivity index (χ4v) is 3.92. The largest absolute Gasteiger partial charge is 0.508 e. The van der Waals surface area contributed by atoms with Gasteiger partial charge in [0.05, 0.1) is 0 Å². The molecule has 3 atom stereocenters. The van der Waals surface area contributed by atoms with Gasteiger partial charge in [-0.05, 0) is 51.7 Å². The summed E-state index contributed by atoms with van der Waals surface area (Å²) >= 11 is 0. The molecule has 3 amide bonds. The summed E-state index contributed by atoms with van der Waals surface area (Å²) in [4.78, 5) is 41.9. The summed E-state index contributed by atoms with van der Waals surface area (Å²) in [6.45, 7) is 12.9. The summed E-state index contributed by atoms with van der Waals surface area (Å²) in [5, 5.41) is 16.3. The highest BCUT2D eigenvalue weighted by atomic mass is 16.6. The highest BCUT2D eigenvalue weighted by molar-refractivity contribution is 5.92. The third kappa shape index (κ3) is 8.51. The van der Waals surface area contributed by atoms with E-state index in [0.717, 1.165) is 5.56 Å². The zero-order chi connectivity index (χ0) is 27.8. The van der Waals surface area contributed by atoms with E-state index in [1.54, 1.807) is 39.0 Å². The minimum atomic E-state index is -1.12. The average molecular weight is 512 g/mol. The Morgan fingerprint density at radius 1 is 0.973 bits per heavy atom. The molecule has 8 nitrogen and oxygen atoms in total. The maximum atomic E-state index is 14.1. The highest BCUT2D eigenvalue weighted by Gasteiger charge is 2.40. The van der Waals surface area contributed by atoms with E-state index in [-0.39, 0.29) is 24.3 Å². The van der Waals surface area contributed by atoms with Crippen LogP contribution in [0.1, 0.15) is 72.1 Å². The molecule has 0 aliphatic carbocycles. The van der Waals surface area contributed by atoms with Gasteiger partial charge in [0, 0.05) is 18.2 Å². The number of hydrogen-bond acceptors (Lipinski definition) is 5. The second-order valence-corrected chi connectivity index (χ2v) is 10.5.